The number of sulfonamides is 1. The van der Waals surface area contributed by atoms with Gasteiger partial charge in [0, 0.05) is 18.7 Å². The number of anilines is 1. The summed E-state index contributed by atoms with van der Waals surface area (Å²) in [6.07, 6.45) is -0.142. The predicted molar refractivity (Wildman–Crippen MR) is 68.1 cm³/mol. The zero-order chi connectivity index (χ0) is 13.5. The first kappa shape index (κ1) is 13.5. The van der Waals surface area contributed by atoms with Crippen molar-refractivity contribution in [3.8, 4) is 0 Å². The molecule has 2 rings (SSSR count). The second kappa shape index (κ2) is 4.65. The number of hydrogen-bond acceptors (Lipinski definition) is 4. The standard InChI is InChI=1S/C9H9Cl2N3O3S/c10-7-1-5(2-8(11)13-7)14-4-6(3-9(14)15)18(12,16)17/h1-2,6H,3-4H2,(H2,12,16,17). The Kier molecular flexibility index (Phi) is 3.50. The van der Waals surface area contributed by atoms with Crippen LogP contribution in [-0.2, 0) is 14.8 Å². The van der Waals surface area contributed by atoms with Gasteiger partial charge in [-0.25, -0.2) is 18.5 Å². The third-order valence-electron chi connectivity index (χ3n) is 2.61. The molecule has 1 aliphatic rings. The Morgan fingerprint density at radius 3 is 2.33 bits per heavy atom. The number of nitrogens with two attached hydrogens (primary N) is 1. The van der Waals surface area contributed by atoms with Crippen molar-refractivity contribution in [2.24, 2.45) is 5.14 Å². The molecule has 0 bridgehead atoms. The maximum atomic E-state index is 11.8. The van der Waals surface area contributed by atoms with Gasteiger partial charge in [-0.3, -0.25) is 4.79 Å². The summed E-state index contributed by atoms with van der Waals surface area (Å²) in [5, 5.41) is 4.38. The first-order chi connectivity index (χ1) is 8.27. The minimum atomic E-state index is -3.74. The summed E-state index contributed by atoms with van der Waals surface area (Å²) in [5.41, 5.74) is 0.413. The van der Waals surface area contributed by atoms with E-state index in [0.29, 0.717) is 5.69 Å². The maximum Gasteiger partial charge on any atom is 0.228 e. The number of primary sulfonamides is 1. The number of rotatable bonds is 2. The SMILES string of the molecule is NS(=O)(=O)C1CC(=O)N(c2cc(Cl)nc(Cl)c2)C1. The molecule has 1 aliphatic heterocycles. The van der Waals surface area contributed by atoms with Gasteiger partial charge >= 0.3 is 0 Å². The molecule has 0 radical (unpaired) electrons. The Hall–Kier alpha value is -0.890. The van der Waals surface area contributed by atoms with Gasteiger partial charge in [-0.05, 0) is 12.1 Å². The van der Waals surface area contributed by atoms with Gasteiger partial charge in [0.1, 0.15) is 15.6 Å². The molecule has 1 saturated heterocycles. The van der Waals surface area contributed by atoms with E-state index in [4.69, 9.17) is 28.3 Å². The first-order valence-corrected chi connectivity index (χ1v) is 7.29. The first-order valence-electron chi connectivity index (χ1n) is 4.92. The molecule has 0 saturated carbocycles. The number of aromatic nitrogens is 1. The van der Waals surface area contributed by atoms with Crippen molar-refractivity contribution in [2.45, 2.75) is 11.7 Å². The van der Waals surface area contributed by atoms with Crippen LogP contribution >= 0.6 is 23.2 Å². The van der Waals surface area contributed by atoms with Crippen molar-refractivity contribution >= 4 is 44.8 Å². The summed E-state index contributed by atoms with van der Waals surface area (Å²) in [4.78, 5) is 16.8. The Morgan fingerprint density at radius 1 is 1.33 bits per heavy atom. The van der Waals surface area contributed by atoms with Crippen LogP contribution in [0.1, 0.15) is 6.42 Å². The number of halogens is 2. The number of pyridine rings is 1. The number of amides is 1. The smallest absolute Gasteiger partial charge is 0.228 e. The minimum Gasteiger partial charge on any atom is -0.311 e. The maximum absolute atomic E-state index is 11.8. The van der Waals surface area contributed by atoms with E-state index in [9.17, 15) is 13.2 Å². The van der Waals surface area contributed by atoms with E-state index in [2.05, 4.69) is 4.98 Å². The van der Waals surface area contributed by atoms with Gasteiger partial charge in [-0.15, -0.1) is 0 Å². The summed E-state index contributed by atoms with van der Waals surface area (Å²) in [6, 6.07) is 2.88. The summed E-state index contributed by atoms with van der Waals surface area (Å²) >= 11 is 11.5. The topological polar surface area (TPSA) is 93.4 Å². The van der Waals surface area contributed by atoms with Gasteiger partial charge in [0.25, 0.3) is 0 Å². The van der Waals surface area contributed by atoms with Gasteiger partial charge in [0.15, 0.2) is 0 Å². The number of nitrogens with zero attached hydrogens (tertiary/aromatic N) is 2. The van der Waals surface area contributed by atoms with Crippen LogP contribution < -0.4 is 10.0 Å². The fourth-order valence-corrected chi connectivity index (χ4v) is 2.93. The van der Waals surface area contributed by atoms with E-state index < -0.39 is 15.3 Å². The molecule has 1 amide bonds. The van der Waals surface area contributed by atoms with E-state index in [1.54, 1.807) is 0 Å². The molecule has 1 unspecified atom stereocenters. The molecular weight excluding hydrogens is 301 g/mol. The lowest BCUT2D eigenvalue weighted by Crippen LogP contribution is -2.32. The van der Waals surface area contributed by atoms with Crippen LogP contribution in [0.4, 0.5) is 5.69 Å². The summed E-state index contributed by atoms with van der Waals surface area (Å²) in [7, 11) is -3.74. The molecule has 9 heteroatoms. The minimum absolute atomic E-state index is 0.00562. The van der Waals surface area contributed by atoms with Crippen molar-refractivity contribution in [1.82, 2.24) is 4.98 Å². The van der Waals surface area contributed by atoms with Gasteiger partial charge in [0.05, 0.1) is 0 Å². The van der Waals surface area contributed by atoms with Crippen LogP contribution in [0.2, 0.25) is 10.3 Å². The third-order valence-corrected chi connectivity index (χ3v) is 4.25. The third kappa shape index (κ3) is 2.74. The van der Waals surface area contributed by atoms with Crippen molar-refractivity contribution in [2.75, 3.05) is 11.4 Å². The summed E-state index contributed by atoms with van der Waals surface area (Å²) < 4.78 is 22.4. The van der Waals surface area contributed by atoms with Crippen molar-refractivity contribution in [3.05, 3.63) is 22.4 Å². The Morgan fingerprint density at radius 2 is 1.89 bits per heavy atom. The van der Waals surface area contributed by atoms with Crippen molar-refractivity contribution in [1.29, 1.82) is 0 Å². The second-order valence-corrected chi connectivity index (χ2v) is 6.51. The molecule has 0 aliphatic carbocycles. The highest BCUT2D eigenvalue weighted by molar-refractivity contribution is 7.89. The van der Waals surface area contributed by atoms with Gasteiger partial charge in [-0.1, -0.05) is 23.2 Å². The Labute approximate surface area is 114 Å². The molecule has 6 nitrogen and oxygen atoms in total. The molecule has 98 valence electrons. The van der Waals surface area contributed by atoms with Crippen LogP contribution in [-0.4, -0.2) is 31.1 Å². The predicted octanol–water partition coefficient (Wildman–Crippen LogP) is 0.782. The molecule has 2 heterocycles. The lowest BCUT2D eigenvalue weighted by atomic mass is 10.3. The Bertz CT molecular complexity index is 585. The second-order valence-electron chi connectivity index (χ2n) is 3.89. The largest absolute Gasteiger partial charge is 0.311 e. The average Bonchev–Trinajstić information content (AvgIpc) is 2.58. The van der Waals surface area contributed by atoms with Crippen LogP contribution in [0.15, 0.2) is 12.1 Å². The van der Waals surface area contributed by atoms with Crippen molar-refractivity contribution in [3.63, 3.8) is 0 Å². The summed E-state index contributed by atoms with van der Waals surface area (Å²) in [6.45, 7) is -0.00562. The lowest BCUT2D eigenvalue weighted by molar-refractivity contribution is -0.117. The highest BCUT2D eigenvalue weighted by atomic mass is 35.5. The van der Waals surface area contributed by atoms with Crippen molar-refractivity contribution < 1.29 is 13.2 Å². The zero-order valence-electron chi connectivity index (χ0n) is 9.01. The number of hydrogen-bond donors (Lipinski definition) is 1. The van der Waals surface area contributed by atoms with Crippen LogP contribution in [0.25, 0.3) is 0 Å². The van der Waals surface area contributed by atoms with E-state index in [1.807, 2.05) is 0 Å². The van der Waals surface area contributed by atoms with E-state index in [1.165, 1.54) is 17.0 Å². The quantitative estimate of drug-likeness (QED) is 0.817. The molecule has 1 atom stereocenters. The molecule has 1 aromatic heterocycles. The Balaban J connectivity index is 2.32. The number of carbonyl (C=O) groups excluding carboxylic acids is 1. The molecule has 1 fully saturated rings. The fraction of sp³-hybridized carbons (Fsp3) is 0.333. The number of carbonyl (C=O) groups is 1. The van der Waals surface area contributed by atoms with Crippen LogP contribution in [0.3, 0.4) is 0 Å². The molecule has 0 spiro atoms. The molecule has 18 heavy (non-hydrogen) atoms. The van der Waals surface area contributed by atoms with Gasteiger partial charge < -0.3 is 4.90 Å². The highest BCUT2D eigenvalue weighted by Gasteiger charge is 2.37. The van der Waals surface area contributed by atoms with Crippen LogP contribution in [0.5, 0.6) is 0 Å². The monoisotopic (exact) mass is 309 g/mol. The molecule has 1 aromatic rings. The normalized spacial score (nSPS) is 20.5. The summed E-state index contributed by atoms with van der Waals surface area (Å²) in [5.74, 6) is -0.340. The van der Waals surface area contributed by atoms with Gasteiger partial charge in [-0.2, -0.15) is 0 Å². The zero-order valence-corrected chi connectivity index (χ0v) is 11.3. The van der Waals surface area contributed by atoms with E-state index in [0.717, 1.165) is 0 Å². The highest BCUT2D eigenvalue weighted by Crippen LogP contribution is 2.27. The molecule has 0 aromatic carbocycles. The van der Waals surface area contributed by atoms with Crippen LogP contribution in [0, 0.1) is 0 Å². The lowest BCUT2D eigenvalue weighted by Gasteiger charge is -2.16. The average molecular weight is 310 g/mol. The molecular formula is C9H9Cl2N3O3S. The van der Waals surface area contributed by atoms with Gasteiger partial charge in [0.2, 0.25) is 15.9 Å². The van der Waals surface area contributed by atoms with E-state index in [-0.39, 0.29) is 29.2 Å². The van der Waals surface area contributed by atoms with E-state index >= 15 is 0 Å². The molecule has 2 N–H and O–H groups in total. The fourth-order valence-electron chi connectivity index (χ4n) is 1.75.